The molecule has 0 radical (unpaired) electrons. The Morgan fingerprint density at radius 1 is 0.463 bits per heavy atom. The first-order chi connectivity index (χ1) is 19.9. The number of phosphoric acid groups is 1. The normalized spacial score (nSPS) is 11.6. The third kappa shape index (κ3) is 15.9. The molecule has 1 N–H and O–H groups in total. The van der Waals surface area contributed by atoms with E-state index in [4.69, 9.17) is 9.05 Å². The summed E-state index contributed by atoms with van der Waals surface area (Å²) in [5.74, 6) is 0.870. The van der Waals surface area contributed by atoms with E-state index in [2.05, 4.69) is 39.8 Å². The second-order valence-corrected chi connectivity index (χ2v) is 13.2. The van der Waals surface area contributed by atoms with Crippen LogP contribution in [-0.4, -0.2) is 4.89 Å². The standard InChI is InChI=1S/C36H59O4P/c1-5-9-13-17-21-31-25-32(22-18-14-10-6-2)28-35(27-31)39-41(37,38)40-36-29-33(23-19-15-11-7-3)26-34(30-36)24-20-16-12-8-4/h25-30H,5-24H2,1-4H3,(H,37,38). The Kier molecular flexibility index (Phi) is 18.1. The van der Waals surface area contributed by atoms with E-state index in [0.29, 0.717) is 11.5 Å². The fraction of sp³-hybridized carbons (Fsp3) is 0.667. The quantitative estimate of drug-likeness (QED) is 0.0982. The summed E-state index contributed by atoms with van der Waals surface area (Å²) in [6, 6.07) is 12.2. The maximum absolute atomic E-state index is 13.3. The minimum absolute atomic E-state index is 0.435. The molecule has 41 heavy (non-hydrogen) atoms. The minimum Gasteiger partial charge on any atom is -0.395 e. The number of phosphoric ester groups is 1. The van der Waals surface area contributed by atoms with Crippen LogP contribution in [0.4, 0.5) is 0 Å². The highest BCUT2D eigenvalue weighted by molar-refractivity contribution is 7.48. The fourth-order valence-corrected chi connectivity index (χ4v) is 6.23. The van der Waals surface area contributed by atoms with Crippen LogP contribution in [0.25, 0.3) is 0 Å². The van der Waals surface area contributed by atoms with Crippen LogP contribution in [0.3, 0.4) is 0 Å². The highest BCUT2D eigenvalue weighted by atomic mass is 31.2. The third-order valence-electron chi connectivity index (χ3n) is 7.77. The number of hydrogen-bond donors (Lipinski definition) is 1. The van der Waals surface area contributed by atoms with E-state index in [0.717, 1.165) is 51.4 Å². The van der Waals surface area contributed by atoms with Gasteiger partial charge in [0.25, 0.3) is 0 Å². The van der Waals surface area contributed by atoms with Gasteiger partial charge < -0.3 is 9.05 Å². The number of unbranched alkanes of at least 4 members (excludes halogenated alkanes) is 12. The summed E-state index contributed by atoms with van der Waals surface area (Å²) in [5.41, 5.74) is 4.69. The van der Waals surface area contributed by atoms with E-state index in [1.54, 1.807) is 0 Å². The molecule has 232 valence electrons. The van der Waals surface area contributed by atoms with E-state index >= 15 is 0 Å². The zero-order valence-corrected chi connectivity index (χ0v) is 27.6. The molecule has 2 rings (SSSR count). The lowest BCUT2D eigenvalue weighted by Gasteiger charge is -2.17. The largest absolute Gasteiger partial charge is 0.584 e. The highest BCUT2D eigenvalue weighted by Crippen LogP contribution is 2.45. The van der Waals surface area contributed by atoms with E-state index in [1.165, 1.54) is 99.3 Å². The molecule has 2 aromatic carbocycles. The first-order valence-corrected chi connectivity index (χ1v) is 18.4. The maximum atomic E-state index is 13.3. The van der Waals surface area contributed by atoms with Crippen LogP contribution < -0.4 is 9.05 Å². The number of rotatable bonds is 24. The SMILES string of the molecule is CCCCCCc1cc(CCCCCC)cc(OP(=O)(O)Oc2cc(CCCCCC)cc(CCCCCC)c2)c1. The zero-order valence-electron chi connectivity index (χ0n) is 26.7. The van der Waals surface area contributed by atoms with Crippen molar-refractivity contribution in [3.8, 4) is 11.5 Å². The van der Waals surface area contributed by atoms with E-state index in [-0.39, 0.29) is 0 Å². The van der Waals surface area contributed by atoms with Crippen LogP contribution in [0.2, 0.25) is 0 Å². The lowest BCUT2D eigenvalue weighted by Crippen LogP contribution is -2.03. The molecule has 0 spiro atoms. The van der Waals surface area contributed by atoms with Gasteiger partial charge in [0.1, 0.15) is 11.5 Å². The second kappa shape index (κ2) is 21.0. The molecule has 0 aromatic heterocycles. The molecule has 0 aliphatic carbocycles. The molecular formula is C36H59O4P. The first-order valence-electron chi connectivity index (χ1n) is 16.9. The summed E-state index contributed by atoms with van der Waals surface area (Å²) in [5, 5.41) is 0. The zero-order chi connectivity index (χ0) is 29.8. The monoisotopic (exact) mass is 586 g/mol. The van der Waals surface area contributed by atoms with Crippen molar-refractivity contribution in [2.24, 2.45) is 0 Å². The first kappa shape index (κ1) is 35.4. The lowest BCUT2D eigenvalue weighted by atomic mass is 10.00. The Labute approximate surface area is 252 Å². The molecule has 0 fully saturated rings. The fourth-order valence-electron chi connectivity index (χ4n) is 5.45. The molecule has 0 saturated carbocycles. The molecule has 0 unspecified atom stereocenters. The smallest absolute Gasteiger partial charge is 0.395 e. The van der Waals surface area contributed by atoms with Gasteiger partial charge in [-0.1, -0.05) is 117 Å². The van der Waals surface area contributed by atoms with Crippen molar-refractivity contribution in [1.82, 2.24) is 0 Å². The minimum atomic E-state index is -4.36. The van der Waals surface area contributed by atoms with Crippen LogP contribution in [0.5, 0.6) is 11.5 Å². The van der Waals surface area contributed by atoms with Gasteiger partial charge in [-0.05, 0) is 97.9 Å². The summed E-state index contributed by atoms with van der Waals surface area (Å²) in [6.07, 6.45) is 22.8. The van der Waals surface area contributed by atoms with Gasteiger partial charge in [-0.3, -0.25) is 4.89 Å². The molecule has 0 aliphatic heterocycles. The van der Waals surface area contributed by atoms with Crippen molar-refractivity contribution < 1.29 is 18.5 Å². The Morgan fingerprint density at radius 3 is 0.976 bits per heavy atom. The number of benzene rings is 2. The maximum Gasteiger partial charge on any atom is 0.584 e. The molecule has 0 amide bonds. The highest BCUT2D eigenvalue weighted by Gasteiger charge is 2.26. The number of hydrogen-bond acceptors (Lipinski definition) is 3. The van der Waals surface area contributed by atoms with Crippen LogP contribution in [-0.2, 0) is 30.2 Å². The van der Waals surface area contributed by atoms with Gasteiger partial charge in [-0.2, -0.15) is 0 Å². The van der Waals surface area contributed by atoms with Crippen LogP contribution in [0.1, 0.15) is 153 Å². The Morgan fingerprint density at radius 2 is 0.732 bits per heavy atom. The van der Waals surface area contributed by atoms with Crippen LogP contribution in [0, 0.1) is 0 Å². The van der Waals surface area contributed by atoms with E-state index in [1.807, 2.05) is 24.3 Å². The molecular weight excluding hydrogens is 527 g/mol. The number of aryl methyl sites for hydroxylation is 4. The van der Waals surface area contributed by atoms with Crippen LogP contribution in [0.15, 0.2) is 36.4 Å². The summed E-state index contributed by atoms with van der Waals surface area (Å²) < 4.78 is 24.8. The summed E-state index contributed by atoms with van der Waals surface area (Å²) >= 11 is 0. The third-order valence-corrected chi connectivity index (χ3v) is 8.65. The summed E-state index contributed by atoms with van der Waals surface area (Å²) in [4.78, 5) is 10.9. The second-order valence-electron chi connectivity index (χ2n) is 11.9. The Hall–Kier alpha value is -1.77. The van der Waals surface area contributed by atoms with Crippen molar-refractivity contribution in [3.63, 3.8) is 0 Å². The van der Waals surface area contributed by atoms with Crippen molar-refractivity contribution in [2.45, 2.75) is 156 Å². The molecule has 0 bridgehead atoms. The molecule has 0 aliphatic rings. The van der Waals surface area contributed by atoms with Crippen molar-refractivity contribution in [3.05, 3.63) is 58.7 Å². The van der Waals surface area contributed by atoms with Crippen LogP contribution >= 0.6 is 7.82 Å². The van der Waals surface area contributed by atoms with Gasteiger partial charge in [0.2, 0.25) is 0 Å². The summed E-state index contributed by atoms with van der Waals surface area (Å²) in [6.45, 7) is 8.89. The van der Waals surface area contributed by atoms with Gasteiger partial charge >= 0.3 is 7.82 Å². The van der Waals surface area contributed by atoms with Gasteiger partial charge in [0.15, 0.2) is 0 Å². The summed E-state index contributed by atoms with van der Waals surface area (Å²) in [7, 11) is -4.36. The van der Waals surface area contributed by atoms with Gasteiger partial charge in [-0.15, -0.1) is 0 Å². The molecule has 0 heterocycles. The average Bonchev–Trinajstić information content (AvgIpc) is 2.93. The molecule has 0 atom stereocenters. The predicted molar refractivity (Wildman–Crippen MR) is 175 cm³/mol. The van der Waals surface area contributed by atoms with Crippen molar-refractivity contribution in [1.29, 1.82) is 0 Å². The lowest BCUT2D eigenvalue weighted by molar-refractivity contribution is 0.290. The Balaban J connectivity index is 2.18. The van der Waals surface area contributed by atoms with Crippen molar-refractivity contribution in [2.75, 3.05) is 0 Å². The molecule has 0 saturated heterocycles. The molecule has 4 nitrogen and oxygen atoms in total. The predicted octanol–water partition coefficient (Wildman–Crippen LogP) is 11.7. The topological polar surface area (TPSA) is 55.8 Å². The molecule has 2 aromatic rings. The van der Waals surface area contributed by atoms with E-state index < -0.39 is 7.82 Å². The van der Waals surface area contributed by atoms with Crippen molar-refractivity contribution >= 4 is 7.82 Å². The van der Waals surface area contributed by atoms with Gasteiger partial charge in [-0.25, -0.2) is 4.57 Å². The Bertz CT molecular complexity index is 881. The average molecular weight is 587 g/mol. The van der Waals surface area contributed by atoms with Gasteiger partial charge in [0, 0.05) is 0 Å². The van der Waals surface area contributed by atoms with Gasteiger partial charge in [0.05, 0.1) is 0 Å². The molecule has 5 heteroatoms. The van der Waals surface area contributed by atoms with E-state index in [9.17, 15) is 9.46 Å².